The van der Waals surface area contributed by atoms with Crippen molar-refractivity contribution in [2.75, 3.05) is 6.54 Å². The molecule has 1 aliphatic heterocycles. The Bertz CT molecular complexity index is 351. The summed E-state index contributed by atoms with van der Waals surface area (Å²) in [7, 11) is 0. The van der Waals surface area contributed by atoms with Gasteiger partial charge in [-0.2, -0.15) is 0 Å². The maximum atomic E-state index is 5.13. The second-order valence-corrected chi connectivity index (χ2v) is 5.50. The molecule has 72 valence electrons. The van der Waals surface area contributed by atoms with Gasteiger partial charge in [0.1, 0.15) is 0 Å². The third-order valence-electron chi connectivity index (χ3n) is 2.53. The summed E-state index contributed by atoms with van der Waals surface area (Å²) in [5.74, 6) is 0. The zero-order valence-corrected chi connectivity index (χ0v) is 9.60. The van der Waals surface area contributed by atoms with Crippen LogP contribution in [0.25, 0.3) is 0 Å². The highest BCUT2D eigenvalue weighted by Crippen LogP contribution is 2.23. The Labute approximate surface area is 87.6 Å². The molecule has 2 rings (SSSR count). The first-order valence-electron chi connectivity index (χ1n) is 4.61. The second-order valence-electron chi connectivity index (χ2n) is 3.73. The standard InChI is InChI=1S/C9H14N2S2/c1-6(2)11-4-3-7-8(5-11)13-9(12)10-7/h6H,3-5H2,1-2H3,(H,10,12). The molecule has 2 heterocycles. The summed E-state index contributed by atoms with van der Waals surface area (Å²) in [6, 6.07) is 0.642. The molecule has 0 spiro atoms. The molecule has 0 saturated carbocycles. The van der Waals surface area contributed by atoms with Crippen molar-refractivity contribution in [3.63, 3.8) is 0 Å². The van der Waals surface area contributed by atoms with Gasteiger partial charge in [-0.3, -0.25) is 4.90 Å². The normalized spacial score (nSPS) is 17.8. The van der Waals surface area contributed by atoms with E-state index in [0.29, 0.717) is 6.04 Å². The second kappa shape index (κ2) is 3.52. The molecule has 0 unspecified atom stereocenters. The first-order chi connectivity index (χ1) is 6.16. The van der Waals surface area contributed by atoms with Crippen molar-refractivity contribution in [2.45, 2.75) is 32.9 Å². The molecule has 1 N–H and O–H groups in total. The van der Waals surface area contributed by atoms with Crippen LogP contribution >= 0.6 is 23.6 Å². The number of aromatic nitrogens is 1. The summed E-state index contributed by atoms with van der Waals surface area (Å²) in [4.78, 5) is 7.19. The quantitative estimate of drug-likeness (QED) is 0.725. The Morgan fingerprint density at radius 2 is 2.31 bits per heavy atom. The van der Waals surface area contributed by atoms with Crippen LogP contribution in [0.3, 0.4) is 0 Å². The predicted molar refractivity (Wildman–Crippen MR) is 58.8 cm³/mol. The lowest BCUT2D eigenvalue weighted by Gasteiger charge is -2.29. The number of fused-ring (bicyclic) bond motifs is 1. The SMILES string of the molecule is CC(C)N1CCc2[nH]c(=S)sc2C1. The summed E-state index contributed by atoms with van der Waals surface area (Å²) in [6.07, 6.45) is 1.13. The monoisotopic (exact) mass is 214 g/mol. The van der Waals surface area contributed by atoms with Crippen molar-refractivity contribution >= 4 is 23.6 Å². The van der Waals surface area contributed by atoms with Crippen molar-refractivity contribution in [3.05, 3.63) is 14.5 Å². The fourth-order valence-electron chi connectivity index (χ4n) is 1.68. The predicted octanol–water partition coefficient (Wildman–Crippen LogP) is 2.57. The summed E-state index contributed by atoms with van der Waals surface area (Å²) in [5, 5.41) is 0. The van der Waals surface area contributed by atoms with Gasteiger partial charge in [0, 0.05) is 36.1 Å². The Morgan fingerprint density at radius 1 is 1.54 bits per heavy atom. The lowest BCUT2D eigenvalue weighted by atomic mass is 10.1. The highest BCUT2D eigenvalue weighted by molar-refractivity contribution is 7.73. The molecule has 1 aliphatic rings. The van der Waals surface area contributed by atoms with Gasteiger partial charge in [0.2, 0.25) is 0 Å². The minimum atomic E-state index is 0.642. The number of hydrogen-bond donors (Lipinski definition) is 1. The maximum Gasteiger partial charge on any atom is 0.158 e. The van der Waals surface area contributed by atoms with Crippen LogP contribution in [-0.4, -0.2) is 22.5 Å². The van der Waals surface area contributed by atoms with Crippen LogP contribution in [0.4, 0.5) is 0 Å². The number of nitrogens with one attached hydrogen (secondary N) is 1. The summed E-state index contributed by atoms with van der Waals surface area (Å²) < 4.78 is 0.926. The maximum absolute atomic E-state index is 5.13. The van der Waals surface area contributed by atoms with E-state index in [-0.39, 0.29) is 0 Å². The van der Waals surface area contributed by atoms with Crippen LogP contribution in [0.15, 0.2) is 0 Å². The summed E-state index contributed by atoms with van der Waals surface area (Å²) >= 11 is 6.86. The summed E-state index contributed by atoms with van der Waals surface area (Å²) in [6.45, 7) is 6.73. The number of H-pyrrole nitrogens is 1. The van der Waals surface area contributed by atoms with Crippen LogP contribution in [0.5, 0.6) is 0 Å². The third kappa shape index (κ3) is 1.85. The van der Waals surface area contributed by atoms with Crippen LogP contribution in [0.1, 0.15) is 24.4 Å². The van der Waals surface area contributed by atoms with E-state index in [4.69, 9.17) is 12.2 Å². The van der Waals surface area contributed by atoms with Crippen LogP contribution < -0.4 is 0 Å². The zero-order chi connectivity index (χ0) is 9.42. The molecular formula is C9H14N2S2. The average molecular weight is 214 g/mol. The van der Waals surface area contributed by atoms with Crippen LogP contribution in [-0.2, 0) is 13.0 Å². The number of rotatable bonds is 1. The molecule has 0 aliphatic carbocycles. The Kier molecular flexibility index (Phi) is 2.53. The molecule has 0 fully saturated rings. The highest BCUT2D eigenvalue weighted by Gasteiger charge is 2.19. The van der Waals surface area contributed by atoms with E-state index in [1.807, 2.05) is 0 Å². The average Bonchev–Trinajstić information content (AvgIpc) is 2.42. The van der Waals surface area contributed by atoms with Crippen molar-refractivity contribution in [3.8, 4) is 0 Å². The van der Waals surface area contributed by atoms with Gasteiger partial charge in [-0.05, 0) is 26.1 Å². The van der Waals surface area contributed by atoms with E-state index in [9.17, 15) is 0 Å². The van der Waals surface area contributed by atoms with Crippen molar-refractivity contribution in [1.82, 2.24) is 9.88 Å². The minimum Gasteiger partial charge on any atom is -0.341 e. The number of nitrogens with zero attached hydrogens (tertiary/aromatic N) is 1. The first kappa shape index (κ1) is 9.37. The van der Waals surface area contributed by atoms with Gasteiger partial charge in [0.15, 0.2) is 3.95 Å². The van der Waals surface area contributed by atoms with E-state index in [1.54, 1.807) is 11.3 Å². The number of thiazole rings is 1. The topological polar surface area (TPSA) is 19.0 Å². The zero-order valence-electron chi connectivity index (χ0n) is 7.96. The fourth-order valence-corrected chi connectivity index (χ4v) is 3.01. The van der Waals surface area contributed by atoms with Crippen molar-refractivity contribution in [1.29, 1.82) is 0 Å². The summed E-state index contributed by atoms with van der Waals surface area (Å²) in [5.41, 5.74) is 1.37. The lowest BCUT2D eigenvalue weighted by molar-refractivity contribution is 0.205. The van der Waals surface area contributed by atoms with Crippen molar-refractivity contribution in [2.24, 2.45) is 0 Å². The molecule has 0 aromatic carbocycles. The van der Waals surface area contributed by atoms with Crippen LogP contribution in [0.2, 0.25) is 0 Å². The Balaban J connectivity index is 2.24. The van der Waals surface area contributed by atoms with E-state index in [1.165, 1.54) is 10.6 Å². The number of aromatic amines is 1. The largest absolute Gasteiger partial charge is 0.341 e. The molecule has 2 nitrogen and oxygen atoms in total. The van der Waals surface area contributed by atoms with Gasteiger partial charge in [0.25, 0.3) is 0 Å². The molecule has 0 radical (unpaired) electrons. The van der Waals surface area contributed by atoms with Gasteiger partial charge in [-0.15, -0.1) is 11.3 Å². The third-order valence-corrected chi connectivity index (χ3v) is 3.79. The number of hydrogen-bond acceptors (Lipinski definition) is 3. The van der Waals surface area contributed by atoms with Crippen LogP contribution in [0, 0.1) is 3.95 Å². The fraction of sp³-hybridized carbons (Fsp3) is 0.667. The van der Waals surface area contributed by atoms with E-state index in [2.05, 4.69) is 23.7 Å². The Morgan fingerprint density at radius 3 is 3.00 bits per heavy atom. The highest BCUT2D eigenvalue weighted by atomic mass is 32.1. The molecule has 1 aromatic rings. The molecule has 0 bridgehead atoms. The first-order valence-corrected chi connectivity index (χ1v) is 5.84. The van der Waals surface area contributed by atoms with Crippen molar-refractivity contribution < 1.29 is 0 Å². The van der Waals surface area contributed by atoms with E-state index >= 15 is 0 Å². The van der Waals surface area contributed by atoms with Gasteiger partial charge in [0.05, 0.1) is 0 Å². The lowest BCUT2D eigenvalue weighted by Crippen LogP contribution is -2.35. The molecule has 0 saturated heterocycles. The molecule has 4 heteroatoms. The van der Waals surface area contributed by atoms with E-state index in [0.717, 1.165) is 23.5 Å². The molecule has 1 aromatic heterocycles. The smallest absolute Gasteiger partial charge is 0.158 e. The van der Waals surface area contributed by atoms with Gasteiger partial charge < -0.3 is 4.98 Å². The molecular weight excluding hydrogens is 200 g/mol. The van der Waals surface area contributed by atoms with Gasteiger partial charge in [-0.1, -0.05) is 0 Å². The van der Waals surface area contributed by atoms with E-state index < -0.39 is 0 Å². The van der Waals surface area contributed by atoms with Gasteiger partial charge >= 0.3 is 0 Å². The molecule has 0 amide bonds. The Hall–Kier alpha value is -0.190. The molecule has 13 heavy (non-hydrogen) atoms. The minimum absolute atomic E-state index is 0.642. The molecule has 0 atom stereocenters. The van der Waals surface area contributed by atoms with Gasteiger partial charge in [-0.25, -0.2) is 0 Å².